The number of carbonyl (C=O) groups excluding carboxylic acids is 2. The molecule has 0 N–H and O–H groups in total. The smallest absolute Gasteiger partial charge is 0.410 e. The van der Waals surface area contributed by atoms with Crippen molar-refractivity contribution in [1.29, 1.82) is 0 Å². The van der Waals surface area contributed by atoms with Crippen molar-refractivity contribution in [2.45, 2.75) is 119 Å². The highest BCUT2D eigenvalue weighted by molar-refractivity contribution is 5.90. The molecule has 10 nitrogen and oxygen atoms in total. The first-order chi connectivity index (χ1) is 34.1. The van der Waals surface area contributed by atoms with Crippen LogP contribution in [0.15, 0.2) is 73.0 Å². The molecule has 6 aromatic rings. The summed E-state index contributed by atoms with van der Waals surface area (Å²) in [4.78, 5) is 36.8. The second-order valence-electron chi connectivity index (χ2n) is 17.1. The van der Waals surface area contributed by atoms with Crippen molar-refractivity contribution in [3.8, 4) is 0 Å². The second kappa shape index (κ2) is 17.0. The number of carbonyl (C=O) groups is 2. The average Bonchev–Trinajstić information content (AvgIpc) is 3.76. The summed E-state index contributed by atoms with van der Waals surface area (Å²) in [7, 11) is 0. The number of amides is 2. The summed E-state index contributed by atoms with van der Waals surface area (Å²) < 4.78 is 124. The topological polar surface area (TPSA) is 94.7 Å². The van der Waals surface area contributed by atoms with Crippen molar-refractivity contribution in [2.24, 2.45) is 0 Å². The fourth-order valence-electron chi connectivity index (χ4n) is 7.60. The third kappa shape index (κ3) is 9.75. The fourth-order valence-corrected chi connectivity index (χ4v) is 7.60. The van der Waals surface area contributed by atoms with Gasteiger partial charge in [-0.25, -0.2) is 9.59 Å². The standard InChI is InChI=1S/C25H31N3O2.C25H29N3O2/c2*1-17-6-9-22-20(14-17)21-16-27(24(29)30-25(3,4)5)12-11-23(21)28(22)13-10-19-8-7-18(2)26-15-19/h6-9,14-15H,10-13,16H2,1-5H3;6-10,13-15H,11-12,16H2,1-5H3/i2*1D3,2D3,8D. The molecule has 314 valence electrons. The third-order valence-corrected chi connectivity index (χ3v) is 10.2. The van der Waals surface area contributed by atoms with Gasteiger partial charge in [0.15, 0.2) is 0 Å². The predicted octanol–water partition coefficient (Wildman–Crippen LogP) is 10.8. The molecular formula is C50H60N6O4. The van der Waals surface area contributed by atoms with Crippen LogP contribution < -0.4 is 0 Å². The average molecular weight is 823 g/mol. The van der Waals surface area contributed by atoms with E-state index in [1.165, 1.54) is 24.5 Å². The number of ether oxygens (including phenoxy) is 2. The Bertz CT molecular complexity index is 3140. The molecule has 0 fully saturated rings. The first-order valence-corrected chi connectivity index (χ1v) is 20.0. The van der Waals surface area contributed by atoms with E-state index in [0.29, 0.717) is 56.6 Å². The van der Waals surface area contributed by atoms with Gasteiger partial charge in [0.1, 0.15) is 11.2 Å². The van der Waals surface area contributed by atoms with Crippen LogP contribution in [0.2, 0.25) is 0 Å². The van der Waals surface area contributed by atoms with E-state index in [1.807, 2.05) is 25.3 Å². The minimum atomic E-state index is -2.39. The number of benzene rings is 2. The Kier molecular flexibility index (Phi) is 7.87. The molecule has 2 amide bonds. The predicted molar refractivity (Wildman–Crippen MR) is 241 cm³/mol. The van der Waals surface area contributed by atoms with Crippen LogP contribution in [0.25, 0.3) is 34.1 Å². The molecule has 4 aromatic heterocycles. The number of aryl methyl sites for hydroxylation is 6. The Labute approximate surface area is 374 Å². The van der Waals surface area contributed by atoms with Gasteiger partial charge >= 0.3 is 12.2 Å². The lowest BCUT2D eigenvalue weighted by Gasteiger charge is -2.30. The Hall–Kier alpha value is -5.90. The van der Waals surface area contributed by atoms with Crippen LogP contribution in [-0.4, -0.2) is 65.4 Å². The van der Waals surface area contributed by atoms with Crippen LogP contribution in [0.5, 0.6) is 0 Å². The molecule has 0 saturated heterocycles. The maximum atomic E-state index is 12.8. The Morgan fingerprint density at radius 1 is 0.733 bits per heavy atom. The highest BCUT2D eigenvalue weighted by atomic mass is 16.6. The molecule has 0 bridgehead atoms. The zero-order chi connectivity index (χ0) is 54.7. The Balaban J connectivity index is 0.000000216. The van der Waals surface area contributed by atoms with Gasteiger partial charge in [-0.1, -0.05) is 35.3 Å². The highest BCUT2D eigenvalue weighted by Gasteiger charge is 2.31. The van der Waals surface area contributed by atoms with Gasteiger partial charge in [0.2, 0.25) is 0 Å². The van der Waals surface area contributed by atoms with Crippen molar-refractivity contribution in [2.75, 3.05) is 13.1 Å². The van der Waals surface area contributed by atoms with Crippen LogP contribution in [0.1, 0.15) is 117 Å². The molecule has 2 aromatic carbocycles. The summed E-state index contributed by atoms with van der Waals surface area (Å²) in [6.45, 7) is 3.50. The van der Waals surface area contributed by atoms with Crippen LogP contribution in [-0.2, 0) is 48.4 Å². The van der Waals surface area contributed by atoms with Crippen molar-refractivity contribution >= 4 is 46.3 Å². The molecule has 60 heavy (non-hydrogen) atoms. The minimum Gasteiger partial charge on any atom is -0.444 e. The highest BCUT2D eigenvalue weighted by Crippen LogP contribution is 2.34. The van der Waals surface area contributed by atoms with E-state index in [2.05, 4.69) is 14.5 Å². The van der Waals surface area contributed by atoms with Gasteiger partial charge < -0.3 is 28.4 Å². The second-order valence-corrected chi connectivity index (χ2v) is 17.1. The lowest BCUT2D eigenvalue weighted by atomic mass is 10.0. The number of rotatable bonds is 5. The molecular weight excluding hydrogens is 749 g/mol. The van der Waals surface area contributed by atoms with Gasteiger partial charge in [-0.05, 0) is 129 Å². The summed E-state index contributed by atoms with van der Waals surface area (Å²) in [6.07, 6.45) is 6.93. The molecule has 2 aliphatic rings. The summed E-state index contributed by atoms with van der Waals surface area (Å²) in [5, 5.41) is 1.50. The maximum Gasteiger partial charge on any atom is 0.410 e. The number of hydrogen-bond acceptors (Lipinski definition) is 6. The molecule has 8 rings (SSSR count). The van der Waals surface area contributed by atoms with E-state index in [9.17, 15) is 9.59 Å². The fraction of sp³-hybridized carbons (Fsp3) is 0.400. The van der Waals surface area contributed by atoms with E-state index in [-0.39, 0.29) is 41.1 Å². The molecule has 0 spiro atoms. The van der Waals surface area contributed by atoms with Gasteiger partial charge in [-0.15, -0.1) is 0 Å². The molecule has 2 aliphatic heterocycles. The van der Waals surface area contributed by atoms with Crippen LogP contribution in [0, 0.1) is 27.4 Å². The molecule has 0 saturated carbocycles. The maximum absolute atomic E-state index is 12.8. The summed E-state index contributed by atoms with van der Waals surface area (Å²) in [6, 6.07) is 12.7. The minimum absolute atomic E-state index is 0.0310. The monoisotopic (exact) mass is 823 g/mol. The zero-order valence-electron chi connectivity index (χ0n) is 48.9. The normalized spacial score (nSPS) is 18.5. The van der Waals surface area contributed by atoms with Crippen molar-refractivity contribution in [1.82, 2.24) is 28.9 Å². The van der Waals surface area contributed by atoms with E-state index in [4.69, 9.17) is 28.7 Å². The van der Waals surface area contributed by atoms with E-state index < -0.39 is 50.8 Å². The SMILES string of the molecule is [2H]c1cc(C([2H])([2H])[2H])ncc1C=Cn1c2c(c3cc(C([2H])([2H])[2H])ccc31)CN(C(=O)OC(C)(C)C)CC2.[2H]c1cc(C([2H])([2H])[2H])ncc1CCn1c2c(c3cc(C([2H])([2H])[2H])ccc31)CN(C(=O)OC(C)(C)C)CC2. The molecule has 0 unspecified atom stereocenters. The third-order valence-electron chi connectivity index (χ3n) is 10.2. The Morgan fingerprint density at radius 2 is 1.30 bits per heavy atom. The summed E-state index contributed by atoms with van der Waals surface area (Å²) >= 11 is 0. The largest absolute Gasteiger partial charge is 0.444 e. The first-order valence-electron chi connectivity index (χ1n) is 27.0. The zero-order valence-corrected chi connectivity index (χ0v) is 34.9. The van der Waals surface area contributed by atoms with Gasteiger partial charge in [0.05, 0.1) is 21.3 Å². The number of hydrogen-bond donors (Lipinski definition) is 0. The van der Waals surface area contributed by atoms with E-state index in [1.54, 1.807) is 79.2 Å². The molecule has 0 atom stereocenters. The molecule has 0 aliphatic carbocycles. The van der Waals surface area contributed by atoms with Crippen molar-refractivity contribution in [3.05, 3.63) is 129 Å². The quantitative estimate of drug-likeness (QED) is 0.172. The summed E-state index contributed by atoms with van der Waals surface area (Å²) in [5.41, 5.74) is 5.25. The Morgan fingerprint density at radius 3 is 1.88 bits per heavy atom. The molecule has 0 radical (unpaired) electrons. The number of nitrogens with zero attached hydrogens (tertiary/aromatic N) is 6. The van der Waals surface area contributed by atoms with Crippen LogP contribution >= 0.6 is 0 Å². The van der Waals surface area contributed by atoms with E-state index >= 15 is 0 Å². The number of fused-ring (bicyclic) bond motifs is 6. The van der Waals surface area contributed by atoms with Gasteiger partial charge in [-0.2, -0.15) is 0 Å². The molecule has 6 heterocycles. The van der Waals surface area contributed by atoms with E-state index in [0.717, 1.165) is 44.3 Å². The number of aromatic nitrogens is 4. The van der Waals surface area contributed by atoms with Gasteiger partial charge in [0, 0.05) is 118 Å². The van der Waals surface area contributed by atoms with Gasteiger partial charge in [0.25, 0.3) is 0 Å². The van der Waals surface area contributed by atoms with Gasteiger partial charge in [-0.3, -0.25) is 9.97 Å². The van der Waals surface area contributed by atoms with Crippen LogP contribution in [0.4, 0.5) is 9.59 Å². The lowest BCUT2D eigenvalue weighted by molar-refractivity contribution is 0.0213. The first kappa shape index (κ1) is 27.8. The van der Waals surface area contributed by atoms with Crippen molar-refractivity contribution < 1.29 is 38.3 Å². The van der Waals surface area contributed by atoms with Crippen molar-refractivity contribution in [3.63, 3.8) is 0 Å². The summed E-state index contributed by atoms with van der Waals surface area (Å²) in [5.74, 6) is 0. The lowest BCUT2D eigenvalue weighted by Crippen LogP contribution is -2.40. The van der Waals surface area contributed by atoms with Crippen LogP contribution in [0.3, 0.4) is 0 Å². The number of pyridine rings is 2. The molecule has 10 heteroatoms.